The maximum atomic E-state index is 13.1. The van der Waals surface area contributed by atoms with Crippen molar-refractivity contribution in [2.45, 2.75) is 11.8 Å². The van der Waals surface area contributed by atoms with E-state index < -0.39 is 11.6 Å². The van der Waals surface area contributed by atoms with Gasteiger partial charge >= 0.3 is 0 Å². The Bertz CT molecular complexity index is 552. The van der Waals surface area contributed by atoms with E-state index in [1.54, 1.807) is 6.07 Å². The van der Waals surface area contributed by atoms with E-state index >= 15 is 0 Å². The smallest absolute Gasteiger partial charge is 0.159 e. The van der Waals surface area contributed by atoms with E-state index in [4.69, 9.17) is 23.2 Å². The molecular weight excluding hydrogens is 365 g/mol. The van der Waals surface area contributed by atoms with Crippen molar-refractivity contribution in [2.24, 2.45) is 0 Å². The zero-order valence-electron chi connectivity index (χ0n) is 8.89. The minimum Gasteiger partial charge on any atom is -0.204 e. The van der Waals surface area contributed by atoms with Gasteiger partial charge in [0, 0.05) is 4.88 Å². The zero-order chi connectivity index (χ0) is 13.3. The van der Waals surface area contributed by atoms with E-state index in [1.165, 1.54) is 17.4 Å². The molecule has 0 fully saturated rings. The maximum absolute atomic E-state index is 13.1. The molecule has 2 aromatic rings. The van der Waals surface area contributed by atoms with Crippen LogP contribution in [0.4, 0.5) is 8.78 Å². The fraction of sp³-hybridized carbons (Fsp3) is 0.167. The molecule has 1 heterocycles. The van der Waals surface area contributed by atoms with Gasteiger partial charge < -0.3 is 0 Å². The molecule has 0 spiro atoms. The molecule has 0 aliphatic carbocycles. The molecule has 1 atom stereocenters. The van der Waals surface area contributed by atoms with E-state index in [2.05, 4.69) is 15.9 Å². The van der Waals surface area contributed by atoms with Gasteiger partial charge in [-0.25, -0.2) is 8.78 Å². The number of halogens is 5. The summed E-state index contributed by atoms with van der Waals surface area (Å²) in [6.07, 6.45) is 0.419. The number of thiophene rings is 1. The van der Waals surface area contributed by atoms with Gasteiger partial charge in [-0.1, -0.05) is 17.7 Å². The number of rotatable bonds is 3. The molecular formula is C12H7BrCl2F2S. The Hall–Kier alpha value is -0.160. The SMILES string of the molecule is Fc1ccc(CC(Cl)c2cc(Cl)c(Br)s2)cc1F. The monoisotopic (exact) mass is 370 g/mol. The van der Waals surface area contributed by atoms with Crippen molar-refractivity contribution in [3.05, 3.63) is 55.1 Å². The third-order valence-electron chi connectivity index (χ3n) is 2.37. The Kier molecular flexibility index (Phi) is 4.64. The highest BCUT2D eigenvalue weighted by atomic mass is 79.9. The third kappa shape index (κ3) is 3.23. The van der Waals surface area contributed by atoms with Crippen LogP contribution >= 0.6 is 50.5 Å². The molecule has 0 amide bonds. The van der Waals surface area contributed by atoms with Crippen LogP contribution in [0.3, 0.4) is 0 Å². The molecule has 2 rings (SSSR count). The van der Waals surface area contributed by atoms with Crippen LogP contribution in [-0.4, -0.2) is 0 Å². The molecule has 0 aliphatic heterocycles. The van der Waals surface area contributed by atoms with E-state index in [0.717, 1.165) is 20.8 Å². The highest BCUT2D eigenvalue weighted by molar-refractivity contribution is 9.11. The quantitative estimate of drug-likeness (QED) is 0.583. The lowest BCUT2D eigenvalue weighted by atomic mass is 10.1. The van der Waals surface area contributed by atoms with Crippen LogP contribution in [0, 0.1) is 11.6 Å². The first kappa shape index (κ1) is 14.3. The van der Waals surface area contributed by atoms with Crippen LogP contribution in [0.15, 0.2) is 28.1 Å². The molecule has 0 saturated carbocycles. The number of benzene rings is 1. The topological polar surface area (TPSA) is 0 Å². The lowest BCUT2D eigenvalue weighted by Crippen LogP contribution is -1.95. The van der Waals surface area contributed by atoms with Crippen molar-refractivity contribution in [3.8, 4) is 0 Å². The normalized spacial score (nSPS) is 12.7. The van der Waals surface area contributed by atoms with Gasteiger partial charge in [0.15, 0.2) is 11.6 Å². The van der Waals surface area contributed by atoms with Crippen LogP contribution in [0.1, 0.15) is 15.8 Å². The summed E-state index contributed by atoms with van der Waals surface area (Å²) < 4.78 is 26.7. The zero-order valence-corrected chi connectivity index (χ0v) is 12.8. The van der Waals surface area contributed by atoms with Gasteiger partial charge in [0.1, 0.15) is 0 Å². The number of hydrogen-bond donors (Lipinski definition) is 0. The summed E-state index contributed by atoms with van der Waals surface area (Å²) in [4.78, 5) is 0.887. The third-order valence-corrected chi connectivity index (χ3v) is 5.48. The van der Waals surface area contributed by atoms with E-state index in [9.17, 15) is 8.78 Å². The second kappa shape index (κ2) is 5.87. The highest BCUT2D eigenvalue weighted by Crippen LogP contribution is 2.38. The molecule has 0 N–H and O–H groups in total. The van der Waals surface area contributed by atoms with Crippen molar-refractivity contribution < 1.29 is 8.78 Å². The molecule has 96 valence electrons. The minimum atomic E-state index is -0.859. The second-order valence-electron chi connectivity index (χ2n) is 3.69. The van der Waals surface area contributed by atoms with E-state index in [-0.39, 0.29) is 5.38 Å². The fourth-order valence-corrected chi connectivity index (χ4v) is 3.59. The van der Waals surface area contributed by atoms with E-state index in [1.807, 2.05) is 0 Å². The molecule has 0 nitrogen and oxygen atoms in total. The Labute approximate surface area is 126 Å². The van der Waals surface area contributed by atoms with Gasteiger partial charge in [-0.2, -0.15) is 0 Å². The average molecular weight is 372 g/mol. The number of hydrogen-bond acceptors (Lipinski definition) is 1. The summed E-state index contributed by atoms with van der Waals surface area (Å²) in [6.45, 7) is 0. The van der Waals surface area contributed by atoms with E-state index in [0.29, 0.717) is 17.0 Å². The fourth-order valence-electron chi connectivity index (χ4n) is 1.49. The van der Waals surface area contributed by atoms with Gasteiger partial charge in [-0.3, -0.25) is 0 Å². The first-order chi connectivity index (χ1) is 8.47. The van der Waals surface area contributed by atoms with Gasteiger partial charge in [0.2, 0.25) is 0 Å². The molecule has 0 aliphatic rings. The summed E-state index contributed by atoms with van der Waals surface area (Å²) in [5.41, 5.74) is 0.648. The summed E-state index contributed by atoms with van der Waals surface area (Å²) in [5, 5.41) is 0.287. The summed E-state index contributed by atoms with van der Waals surface area (Å²) in [5.74, 6) is -1.71. The molecule has 1 aromatic carbocycles. The minimum absolute atomic E-state index is 0.316. The van der Waals surface area contributed by atoms with Crippen LogP contribution < -0.4 is 0 Å². The first-order valence-electron chi connectivity index (χ1n) is 5.00. The van der Waals surface area contributed by atoms with Crippen LogP contribution in [0.2, 0.25) is 5.02 Å². The Morgan fingerprint density at radius 3 is 2.50 bits per heavy atom. The predicted molar refractivity (Wildman–Crippen MR) is 75.7 cm³/mol. The lowest BCUT2D eigenvalue weighted by molar-refractivity contribution is 0.507. The number of alkyl halides is 1. The van der Waals surface area contributed by atoms with Gasteiger partial charge in [-0.15, -0.1) is 22.9 Å². The van der Waals surface area contributed by atoms with Gasteiger partial charge in [-0.05, 0) is 46.1 Å². The molecule has 0 radical (unpaired) electrons. The van der Waals surface area contributed by atoms with Crippen molar-refractivity contribution in [1.29, 1.82) is 0 Å². The Morgan fingerprint density at radius 1 is 1.22 bits per heavy atom. The summed E-state index contributed by atoms with van der Waals surface area (Å²) >= 11 is 16.9. The van der Waals surface area contributed by atoms with Crippen molar-refractivity contribution in [1.82, 2.24) is 0 Å². The molecule has 0 bridgehead atoms. The summed E-state index contributed by atoms with van der Waals surface area (Å²) in [6, 6.07) is 5.56. The van der Waals surface area contributed by atoms with Crippen molar-refractivity contribution in [3.63, 3.8) is 0 Å². The molecule has 0 saturated heterocycles. The molecule has 6 heteroatoms. The standard InChI is InChI=1S/C12H7BrCl2F2S/c13-12-8(15)5-11(18-12)7(14)3-6-1-2-9(16)10(17)4-6/h1-2,4-5,7H,3H2. The maximum Gasteiger partial charge on any atom is 0.159 e. The predicted octanol–water partition coefficient (Wildman–Crippen LogP) is 5.96. The second-order valence-corrected chi connectivity index (χ2v) is 7.03. The van der Waals surface area contributed by atoms with Crippen LogP contribution in [0.25, 0.3) is 0 Å². The van der Waals surface area contributed by atoms with Crippen molar-refractivity contribution in [2.75, 3.05) is 0 Å². The average Bonchev–Trinajstić information content (AvgIpc) is 2.65. The molecule has 18 heavy (non-hydrogen) atoms. The Balaban J connectivity index is 2.15. The first-order valence-corrected chi connectivity index (χ1v) is 7.42. The van der Waals surface area contributed by atoms with Crippen LogP contribution in [0.5, 0.6) is 0 Å². The molecule has 1 unspecified atom stereocenters. The molecule has 1 aromatic heterocycles. The largest absolute Gasteiger partial charge is 0.204 e. The van der Waals surface area contributed by atoms with Gasteiger partial charge in [0.05, 0.1) is 14.2 Å². The van der Waals surface area contributed by atoms with Crippen molar-refractivity contribution >= 4 is 50.5 Å². The lowest BCUT2D eigenvalue weighted by Gasteiger charge is -2.07. The Morgan fingerprint density at radius 2 is 1.94 bits per heavy atom. The highest BCUT2D eigenvalue weighted by Gasteiger charge is 2.15. The summed E-state index contributed by atoms with van der Waals surface area (Å²) in [7, 11) is 0. The van der Waals surface area contributed by atoms with Gasteiger partial charge in [0.25, 0.3) is 0 Å². The van der Waals surface area contributed by atoms with Crippen LogP contribution in [-0.2, 0) is 6.42 Å².